The second-order valence-electron chi connectivity index (χ2n) is 2.91. The van der Waals surface area contributed by atoms with E-state index in [0.717, 1.165) is 11.4 Å². The topological polar surface area (TPSA) is 63.1 Å². The maximum Gasteiger partial charge on any atom is 0.310 e. The number of hydrogen-bond acceptors (Lipinski definition) is 4. The van der Waals surface area contributed by atoms with Gasteiger partial charge in [0.05, 0.1) is 17.8 Å². The van der Waals surface area contributed by atoms with Crippen molar-refractivity contribution >= 4 is 17.3 Å². The number of aromatic nitrogens is 2. The minimum absolute atomic E-state index is 0.0303. The van der Waals surface area contributed by atoms with Gasteiger partial charge in [0.2, 0.25) is 0 Å². The van der Waals surface area contributed by atoms with Crippen LogP contribution in [0.5, 0.6) is 0 Å². The lowest BCUT2D eigenvalue weighted by molar-refractivity contribution is -0.136. The molecule has 2 aromatic heterocycles. The average Bonchev–Trinajstić information content (AvgIpc) is 2.67. The van der Waals surface area contributed by atoms with Gasteiger partial charge in [0.25, 0.3) is 0 Å². The standard InChI is InChI=1S/C10H8N2O2S/c13-10(14)5-9-12-8(6-15-9)7-3-1-2-4-11-7/h1-4,6H,5H2,(H,13,14). The van der Waals surface area contributed by atoms with Crippen molar-refractivity contribution in [3.63, 3.8) is 0 Å². The van der Waals surface area contributed by atoms with E-state index in [1.807, 2.05) is 23.6 Å². The molecule has 2 heterocycles. The molecule has 0 bridgehead atoms. The van der Waals surface area contributed by atoms with E-state index in [-0.39, 0.29) is 6.42 Å². The van der Waals surface area contributed by atoms with Gasteiger partial charge in [0.15, 0.2) is 0 Å². The number of carboxylic acid groups (broad SMARTS) is 1. The van der Waals surface area contributed by atoms with Crippen LogP contribution >= 0.6 is 11.3 Å². The third-order valence-corrected chi connectivity index (χ3v) is 2.63. The highest BCUT2D eigenvalue weighted by Gasteiger charge is 2.07. The fourth-order valence-corrected chi connectivity index (χ4v) is 1.93. The summed E-state index contributed by atoms with van der Waals surface area (Å²) < 4.78 is 0. The van der Waals surface area contributed by atoms with Crippen molar-refractivity contribution in [2.24, 2.45) is 0 Å². The van der Waals surface area contributed by atoms with Gasteiger partial charge < -0.3 is 5.11 Å². The van der Waals surface area contributed by atoms with Gasteiger partial charge in [-0.05, 0) is 12.1 Å². The van der Waals surface area contributed by atoms with Gasteiger partial charge in [-0.2, -0.15) is 0 Å². The molecule has 4 nitrogen and oxygen atoms in total. The SMILES string of the molecule is O=C(O)Cc1nc(-c2ccccn2)cs1. The number of pyridine rings is 1. The monoisotopic (exact) mass is 220 g/mol. The highest BCUT2D eigenvalue weighted by atomic mass is 32.1. The molecule has 0 radical (unpaired) electrons. The molecule has 0 saturated heterocycles. The molecule has 2 aromatic rings. The number of nitrogens with zero attached hydrogens (tertiary/aromatic N) is 2. The van der Waals surface area contributed by atoms with Gasteiger partial charge in [-0.15, -0.1) is 11.3 Å². The van der Waals surface area contributed by atoms with Crippen molar-refractivity contribution in [1.29, 1.82) is 0 Å². The van der Waals surface area contributed by atoms with Crippen LogP contribution in [-0.4, -0.2) is 21.0 Å². The molecule has 0 fully saturated rings. The Bertz CT molecular complexity index is 467. The Morgan fingerprint density at radius 2 is 2.27 bits per heavy atom. The first-order valence-corrected chi connectivity index (χ1v) is 5.21. The Balaban J connectivity index is 2.24. The molecule has 0 aliphatic carbocycles. The van der Waals surface area contributed by atoms with E-state index in [1.165, 1.54) is 11.3 Å². The molecule has 0 aliphatic rings. The second-order valence-corrected chi connectivity index (χ2v) is 3.85. The summed E-state index contributed by atoms with van der Waals surface area (Å²) in [5.74, 6) is -0.864. The zero-order valence-corrected chi connectivity index (χ0v) is 8.57. The number of rotatable bonds is 3. The number of carboxylic acids is 1. The normalized spacial score (nSPS) is 10.1. The van der Waals surface area contributed by atoms with Gasteiger partial charge >= 0.3 is 5.97 Å². The Labute approximate surface area is 90.3 Å². The summed E-state index contributed by atoms with van der Waals surface area (Å²) in [6.45, 7) is 0. The summed E-state index contributed by atoms with van der Waals surface area (Å²) >= 11 is 1.34. The first-order chi connectivity index (χ1) is 7.25. The van der Waals surface area contributed by atoms with Crippen LogP contribution in [0.1, 0.15) is 5.01 Å². The molecule has 0 atom stereocenters. The quantitative estimate of drug-likeness (QED) is 0.857. The van der Waals surface area contributed by atoms with Crippen LogP contribution in [0, 0.1) is 0 Å². The molecule has 0 unspecified atom stereocenters. The number of thiazole rings is 1. The largest absolute Gasteiger partial charge is 0.481 e. The van der Waals surface area contributed by atoms with E-state index in [9.17, 15) is 4.79 Å². The van der Waals surface area contributed by atoms with E-state index in [2.05, 4.69) is 9.97 Å². The van der Waals surface area contributed by atoms with Crippen molar-refractivity contribution in [2.45, 2.75) is 6.42 Å². The van der Waals surface area contributed by atoms with Gasteiger partial charge in [0, 0.05) is 11.6 Å². The summed E-state index contributed by atoms with van der Waals surface area (Å²) in [5, 5.41) is 11.0. The lowest BCUT2D eigenvalue weighted by Crippen LogP contribution is -1.99. The van der Waals surface area contributed by atoms with E-state index < -0.39 is 5.97 Å². The maximum absolute atomic E-state index is 10.5. The number of aliphatic carboxylic acids is 1. The van der Waals surface area contributed by atoms with Crippen LogP contribution in [0.3, 0.4) is 0 Å². The molecule has 0 spiro atoms. The number of hydrogen-bond donors (Lipinski definition) is 1. The van der Waals surface area contributed by atoms with E-state index in [0.29, 0.717) is 5.01 Å². The van der Waals surface area contributed by atoms with Gasteiger partial charge in [-0.3, -0.25) is 9.78 Å². The van der Waals surface area contributed by atoms with Gasteiger partial charge in [-0.25, -0.2) is 4.98 Å². The molecular formula is C10H8N2O2S. The third-order valence-electron chi connectivity index (χ3n) is 1.78. The van der Waals surface area contributed by atoms with E-state index in [4.69, 9.17) is 5.11 Å². The average molecular weight is 220 g/mol. The molecule has 76 valence electrons. The summed E-state index contributed by atoms with van der Waals surface area (Å²) in [6.07, 6.45) is 1.66. The van der Waals surface area contributed by atoms with Crippen LogP contribution in [0.25, 0.3) is 11.4 Å². The molecule has 0 saturated carbocycles. The van der Waals surface area contributed by atoms with Crippen molar-refractivity contribution in [3.05, 3.63) is 34.8 Å². The number of carbonyl (C=O) groups is 1. The minimum Gasteiger partial charge on any atom is -0.481 e. The summed E-state index contributed by atoms with van der Waals surface area (Å²) in [4.78, 5) is 18.8. The lowest BCUT2D eigenvalue weighted by atomic mass is 10.3. The highest BCUT2D eigenvalue weighted by Crippen LogP contribution is 2.19. The summed E-state index contributed by atoms with van der Waals surface area (Å²) in [7, 11) is 0. The predicted octanol–water partition coefficient (Wildman–Crippen LogP) is 1.83. The minimum atomic E-state index is -0.864. The van der Waals surface area contributed by atoms with Crippen LogP contribution in [0.2, 0.25) is 0 Å². The highest BCUT2D eigenvalue weighted by molar-refractivity contribution is 7.10. The Morgan fingerprint density at radius 1 is 1.40 bits per heavy atom. The summed E-state index contributed by atoms with van der Waals surface area (Å²) in [6, 6.07) is 5.55. The van der Waals surface area contributed by atoms with E-state index in [1.54, 1.807) is 6.20 Å². The molecule has 15 heavy (non-hydrogen) atoms. The molecule has 1 N–H and O–H groups in total. The smallest absolute Gasteiger partial charge is 0.310 e. The first-order valence-electron chi connectivity index (χ1n) is 4.33. The van der Waals surface area contributed by atoms with Gasteiger partial charge in [-0.1, -0.05) is 6.07 Å². The molecule has 0 aliphatic heterocycles. The van der Waals surface area contributed by atoms with Gasteiger partial charge in [0.1, 0.15) is 5.01 Å². The molecule has 0 amide bonds. The predicted molar refractivity (Wildman–Crippen MR) is 56.7 cm³/mol. The maximum atomic E-state index is 10.5. The molecule has 2 rings (SSSR count). The van der Waals surface area contributed by atoms with Crippen LogP contribution in [-0.2, 0) is 11.2 Å². The zero-order chi connectivity index (χ0) is 10.7. The first kappa shape index (κ1) is 9.79. The van der Waals surface area contributed by atoms with Crippen LogP contribution in [0.4, 0.5) is 0 Å². The molecule has 0 aromatic carbocycles. The molecule has 5 heteroatoms. The zero-order valence-electron chi connectivity index (χ0n) is 7.75. The third kappa shape index (κ3) is 2.38. The van der Waals surface area contributed by atoms with Crippen molar-refractivity contribution in [1.82, 2.24) is 9.97 Å². The second kappa shape index (κ2) is 4.18. The van der Waals surface area contributed by atoms with Crippen molar-refractivity contribution in [2.75, 3.05) is 0 Å². The summed E-state index contributed by atoms with van der Waals surface area (Å²) in [5.41, 5.74) is 1.50. The Kier molecular flexibility index (Phi) is 2.73. The molecular weight excluding hydrogens is 212 g/mol. The van der Waals surface area contributed by atoms with E-state index >= 15 is 0 Å². The fourth-order valence-electron chi connectivity index (χ4n) is 1.15. The Morgan fingerprint density at radius 3 is 2.93 bits per heavy atom. The Hall–Kier alpha value is -1.75. The lowest BCUT2D eigenvalue weighted by Gasteiger charge is -1.92. The fraction of sp³-hybridized carbons (Fsp3) is 0.100. The van der Waals surface area contributed by atoms with Crippen molar-refractivity contribution < 1.29 is 9.90 Å². The van der Waals surface area contributed by atoms with Crippen molar-refractivity contribution in [3.8, 4) is 11.4 Å². The van der Waals surface area contributed by atoms with Crippen LogP contribution in [0.15, 0.2) is 29.8 Å². The van der Waals surface area contributed by atoms with Crippen LogP contribution < -0.4 is 0 Å².